The lowest BCUT2D eigenvalue weighted by Gasteiger charge is -2.22. The Morgan fingerprint density at radius 1 is 0.938 bits per heavy atom. The molecule has 6 heteroatoms. The average Bonchev–Trinajstić information content (AvgIpc) is 3.06. The molecular weight excluding hydrogens is 421 g/mol. The number of pyridine rings is 1. The summed E-state index contributed by atoms with van der Waals surface area (Å²) in [4.78, 5) is 18.6. The molecule has 2 aromatic heterocycles. The maximum atomic E-state index is 13.7. The molecule has 0 bridgehead atoms. The summed E-state index contributed by atoms with van der Waals surface area (Å²) in [5.74, 6) is 0.250. The molecule has 4 aromatic rings. The minimum absolute atomic E-state index is 0.167. The topological polar surface area (TPSA) is 54.0 Å². The van der Waals surface area contributed by atoms with E-state index in [4.69, 9.17) is 0 Å². The number of aromatic nitrogens is 1. The van der Waals surface area contributed by atoms with Crippen LogP contribution in [0, 0.1) is 26.6 Å². The van der Waals surface area contributed by atoms with E-state index in [1.807, 2.05) is 57.2 Å². The van der Waals surface area contributed by atoms with Crippen LogP contribution >= 0.6 is 11.3 Å². The first-order valence-electron chi connectivity index (χ1n) is 10.3. The summed E-state index contributed by atoms with van der Waals surface area (Å²) in [7, 11) is 0. The second-order valence-electron chi connectivity index (χ2n) is 7.64. The highest BCUT2D eigenvalue weighted by atomic mass is 32.1. The standard InChI is InChI=1S/C26H24FN3OS/c1-16-8-7-11-22(28-16)29-24(19-12-14-21(27)15-13-19)23-17(2)18(3)32-26(23)30-25(31)20-9-5-4-6-10-20/h4-15,24H,1-3H3,(H,28,29)(H,30,31)/t24-/m1/s1. The molecule has 1 amide bonds. The maximum absolute atomic E-state index is 13.7. The summed E-state index contributed by atoms with van der Waals surface area (Å²) in [5.41, 5.74) is 4.39. The first-order valence-corrected chi connectivity index (χ1v) is 11.2. The number of thiophene rings is 1. The Morgan fingerprint density at radius 3 is 2.34 bits per heavy atom. The van der Waals surface area contributed by atoms with E-state index in [-0.39, 0.29) is 17.8 Å². The van der Waals surface area contributed by atoms with Crippen LogP contribution in [0.3, 0.4) is 0 Å². The number of benzene rings is 2. The molecule has 2 aromatic carbocycles. The van der Waals surface area contributed by atoms with Crippen LogP contribution in [0.4, 0.5) is 15.2 Å². The van der Waals surface area contributed by atoms with E-state index < -0.39 is 0 Å². The Labute approximate surface area is 191 Å². The normalized spacial score (nSPS) is 11.8. The largest absolute Gasteiger partial charge is 0.359 e. The second kappa shape index (κ2) is 9.32. The number of halogens is 1. The summed E-state index contributed by atoms with van der Waals surface area (Å²) in [6.07, 6.45) is 0. The van der Waals surface area contributed by atoms with Crippen LogP contribution in [0.15, 0.2) is 72.8 Å². The molecular formula is C26H24FN3OS. The van der Waals surface area contributed by atoms with Gasteiger partial charge in [-0.3, -0.25) is 4.79 Å². The Morgan fingerprint density at radius 2 is 1.66 bits per heavy atom. The molecule has 2 N–H and O–H groups in total. The summed E-state index contributed by atoms with van der Waals surface area (Å²) in [6.45, 7) is 6.01. The van der Waals surface area contributed by atoms with Gasteiger partial charge in [0, 0.05) is 21.7 Å². The monoisotopic (exact) mass is 445 g/mol. The second-order valence-corrected chi connectivity index (χ2v) is 8.86. The molecule has 2 heterocycles. The smallest absolute Gasteiger partial charge is 0.256 e. The molecule has 0 unspecified atom stereocenters. The number of carbonyl (C=O) groups is 1. The number of hydrogen-bond acceptors (Lipinski definition) is 4. The Bertz CT molecular complexity index is 1240. The van der Waals surface area contributed by atoms with E-state index in [0.717, 1.165) is 32.3 Å². The van der Waals surface area contributed by atoms with Crippen LogP contribution in [0.2, 0.25) is 0 Å². The fraction of sp³-hybridized carbons (Fsp3) is 0.154. The van der Waals surface area contributed by atoms with E-state index >= 15 is 0 Å². The molecule has 32 heavy (non-hydrogen) atoms. The molecule has 0 aliphatic carbocycles. The molecule has 0 spiro atoms. The fourth-order valence-electron chi connectivity index (χ4n) is 3.60. The predicted molar refractivity (Wildman–Crippen MR) is 129 cm³/mol. The van der Waals surface area contributed by atoms with Gasteiger partial charge >= 0.3 is 0 Å². The Balaban J connectivity index is 1.78. The zero-order valence-electron chi connectivity index (χ0n) is 18.1. The number of nitrogens with zero attached hydrogens (tertiary/aromatic N) is 1. The molecule has 162 valence electrons. The van der Waals surface area contributed by atoms with Gasteiger partial charge < -0.3 is 10.6 Å². The van der Waals surface area contributed by atoms with Gasteiger partial charge in [-0.2, -0.15) is 0 Å². The van der Waals surface area contributed by atoms with Gasteiger partial charge in [0.15, 0.2) is 0 Å². The van der Waals surface area contributed by atoms with E-state index in [0.29, 0.717) is 11.4 Å². The van der Waals surface area contributed by atoms with Crippen LogP contribution in [0.25, 0.3) is 0 Å². The van der Waals surface area contributed by atoms with Gasteiger partial charge in [-0.05, 0) is 68.3 Å². The van der Waals surface area contributed by atoms with Crippen LogP contribution in [0.1, 0.15) is 43.7 Å². The van der Waals surface area contributed by atoms with Crippen molar-refractivity contribution in [1.82, 2.24) is 4.98 Å². The third kappa shape index (κ3) is 4.70. The van der Waals surface area contributed by atoms with Crippen molar-refractivity contribution in [3.8, 4) is 0 Å². The van der Waals surface area contributed by atoms with Gasteiger partial charge in [-0.15, -0.1) is 11.3 Å². The van der Waals surface area contributed by atoms with Crippen molar-refractivity contribution < 1.29 is 9.18 Å². The van der Waals surface area contributed by atoms with Gasteiger partial charge in [0.2, 0.25) is 0 Å². The van der Waals surface area contributed by atoms with E-state index in [2.05, 4.69) is 15.6 Å². The SMILES string of the molecule is Cc1cccc(N[C@H](c2ccc(F)cc2)c2c(NC(=O)c3ccccc3)sc(C)c2C)n1. The summed E-state index contributed by atoms with van der Waals surface area (Å²) in [5, 5.41) is 7.36. The lowest BCUT2D eigenvalue weighted by Crippen LogP contribution is -2.18. The van der Waals surface area contributed by atoms with Gasteiger partial charge in [0.1, 0.15) is 16.6 Å². The number of amides is 1. The van der Waals surface area contributed by atoms with Gasteiger partial charge in [0.05, 0.1) is 6.04 Å². The van der Waals surface area contributed by atoms with E-state index in [9.17, 15) is 9.18 Å². The van der Waals surface area contributed by atoms with Crippen molar-refractivity contribution in [2.75, 3.05) is 10.6 Å². The summed E-state index contributed by atoms with van der Waals surface area (Å²) >= 11 is 1.54. The number of nitrogens with one attached hydrogen (secondary N) is 2. The maximum Gasteiger partial charge on any atom is 0.256 e. The molecule has 0 fully saturated rings. The van der Waals surface area contributed by atoms with Crippen LogP contribution in [-0.2, 0) is 0 Å². The fourth-order valence-corrected chi connectivity index (χ4v) is 4.69. The molecule has 4 rings (SSSR count). The molecule has 0 aliphatic heterocycles. The van der Waals surface area contributed by atoms with Crippen LogP contribution < -0.4 is 10.6 Å². The minimum atomic E-state index is -0.319. The molecule has 1 atom stereocenters. The van der Waals surface area contributed by atoms with Gasteiger partial charge in [0.25, 0.3) is 5.91 Å². The van der Waals surface area contributed by atoms with E-state index in [1.54, 1.807) is 24.3 Å². The summed E-state index contributed by atoms with van der Waals surface area (Å²) in [6, 6.07) is 21.0. The number of aryl methyl sites for hydroxylation is 2. The first-order chi connectivity index (χ1) is 15.4. The lowest BCUT2D eigenvalue weighted by molar-refractivity contribution is 0.102. The number of rotatable bonds is 6. The number of anilines is 2. The highest BCUT2D eigenvalue weighted by molar-refractivity contribution is 7.16. The van der Waals surface area contributed by atoms with Crippen molar-refractivity contribution in [1.29, 1.82) is 0 Å². The highest BCUT2D eigenvalue weighted by Gasteiger charge is 2.25. The Hall–Kier alpha value is -3.51. The van der Waals surface area contributed by atoms with Crippen LogP contribution in [0.5, 0.6) is 0 Å². The molecule has 4 nitrogen and oxygen atoms in total. The highest BCUT2D eigenvalue weighted by Crippen LogP contribution is 2.41. The molecule has 0 saturated carbocycles. The summed E-state index contributed by atoms with van der Waals surface area (Å²) < 4.78 is 13.7. The average molecular weight is 446 g/mol. The molecule has 0 radical (unpaired) electrons. The van der Waals surface area contributed by atoms with Gasteiger partial charge in [-0.1, -0.05) is 36.4 Å². The number of hydrogen-bond donors (Lipinski definition) is 2. The minimum Gasteiger partial charge on any atom is -0.359 e. The number of carbonyl (C=O) groups excluding carboxylic acids is 1. The molecule has 0 aliphatic rings. The first kappa shape index (κ1) is 21.7. The third-order valence-corrected chi connectivity index (χ3v) is 6.51. The third-order valence-electron chi connectivity index (χ3n) is 5.37. The van der Waals surface area contributed by atoms with Crippen LogP contribution in [-0.4, -0.2) is 10.9 Å². The van der Waals surface area contributed by atoms with Crippen molar-refractivity contribution in [3.63, 3.8) is 0 Å². The van der Waals surface area contributed by atoms with Crippen molar-refractivity contribution in [2.45, 2.75) is 26.8 Å². The van der Waals surface area contributed by atoms with Crippen molar-refractivity contribution >= 4 is 28.1 Å². The Kier molecular flexibility index (Phi) is 6.32. The zero-order valence-corrected chi connectivity index (χ0v) is 19.0. The van der Waals surface area contributed by atoms with Gasteiger partial charge in [-0.25, -0.2) is 9.37 Å². The lowest BCUT2D eigenvalue weighted by atomic mass is 9.96. The predicted octanol–water partition coefficient (Wildman–Crippen LogP) is 6.66. The quantitative estimate of drug-likeness (QED) is 0.349. The van der Waals surface area contributed by atoms with Crippen molar-refractivity contribution in [2.24, 2.45) is 0 Å². The molecule has 0 saturated heterocycles. The zero-order chi connectivity index (χ0) is 22.7. The van der Waals surface area contributed by atoms with Crippen molar-refractivity contribution in [3.05, 3.63) is 111 Å². The van der Waals surface area contributed by atoms with E-state index in [1.165, 1.54) is 23.5 Å².